The van der Waals surface area contributed by atoms with Gasteiger partial charge in [0.1, 0.15) is 0 Å². The topological polar surface area (TPSA) is 35.5 Å². The molecule has 0 saturated carbocycles. The smallest absolute Gasteiger partial charge is 0.0563 e. The number of hydrogen-bond acceptors (Lipinski definition) is 3. The molecule has 0 fully saturated rings. The van der Waals surface area contributed by atoms with Crippen LogP contribution in [0.2, 0.25) is 0 Å². The molecule has 0 aromatic heterocycles. The molecule has 0 aliphatic heterocycles. The van der Waals surface area contributed by atoms with E-state index in [2.05, 4.69) is 4.84 Å². The van der Waals surface area contributed by atoms with Crippen molar-refractivity contribution in [3.8, 4) is 0 Å². The second-order valence-electron chi connectivity index (χ2n) is 3.00. The molecular weight excluding hydrogens is 130 g/mol. The van der Waals surface area contributed by atoms with Crippen LogP contribution >= 0.6 is 0 Å². The summed E-state index contributed by atoms with van der Waals surface area (Å²) in [6.45, 7) is 5.78. The van der Waals surface area contributed by atoms with Crippen molar-refractivity contribution in [1.29, 1.82) is 0 Å². The van der Waals surface area contributed by atoms with Crippen molar-refractivity contribution in [1.82, 2.24) is 5.23 Å². The van der Waals surface area contributed by atoms with Gasteiger partial charge in [-0.1, -0.05) is 13.3 Å². The maximum Gasteiger partial charge on any atom is 0.0563 e. The van der Waals surface area contributed by atoms with E-state index in [0.29, 0.717) is 5.23 Å². The van der Waals surface area contributed by atoms with Crippen LogP contribution in [0.4, 0.5) is 0 Å². The van der Waals surface area contributed by atoms with Crippen LogP contribution in [0, 0.1) is 5.21 Å². The third-order valence-corrected chi connectivity index (χ3v) is 1.52. The molecule has 0 atom stereocenters. The van der Waals surface area contributed by atoms with Gasteiger partial charge in [0.05, 0.1) is 7.11 Å². The largest absolute Gasteiger partial charge is 0.762 e. The van der Waals surface area contributed by atoms with Crippen LogP contribution in [-0.4, -0.2) is 17.9 Å². The van der Waals surface area contributed by atoms with Gasteiger partial charge >= 0.3 is 0 Å². The van der Waals surface area contributed by atoms with Gasteiger partial charge in [0, 0.05) is 5.54 Å². The highest BCUT2D eigenvalue weighted by atomic mass is 16.9. The van der Waals surface area contributed by atoms with Gasteiger partial charge in [-0.05, 0) is 20.3 Å². The van der Waals surface area contributed by atoms with E-state index in [4.69, 9.17) is 0 Å². The Labute approximate surface area is 62.5 Å². The summed E-state index contributed by atoms with van der Waals surface area (Å²) in [5.74, 6) is 0. The summed E-state index contributed by atoms with van der Waals surface area (Å²) in [6.07, 6.45) is 1.85. The van der Waals surface area contributed by atoms with Gasteiger partial charge in [-0.25, -0.2) is 0 Å². The molecule has 0 saturated heterocycles. The lowest BCUT2D eigenvalue weighted by Crippen LogP contribution is -2.38. The van der Waals surface area contributed by atoms with Gasteiger partial charge in [-0.2, -0.15) is 0 Å². The summed E-state index contributed by atoms with van der Waals surface area (Å²) >= 11 is 0. The number of nitrogens with zero attached hydrogens (tertiary/aromatic N) is 1. The SMILES string of the molecule is CCCC(C)(C)N([O-])OC. The Bertz CT molecular complexity index is 93.6. The fraction of sp³-hybridized carbons (Fsp3) is 1.00. The molecule has 0 bridgehead atoms. The first-order valence-corrected chi connectivity index (χ1v) is 3.56. The molecule has 0 spiro atoms. The van der Waals surface area contributed by atoms with E-state index in [1.165, 1.54) is 7.11 Å². The molecule has 0 aliphatic carbocycles. The first-order chi connectivity index (χ1) is 4.54. The zero-order valence-corrected chi connectivity index (χ0v) is 7.18. The van der Waals surface area contributed by atoms with E-state index in [1.807, 2.05) is 20.8 Å². The van der Waals surface area contributed by atoms with E-state index in [9.17, 15) is 5.21 Å². The van der Waals surface area contributed by atoms with Crippen molar-refractivity contribution in [2.24, 2.45) is 0 Å². The first-order valence-electron chi connectivity index (χ1n) is 3.56. The fourth-order valence-electron chi connectivity index (χ4n) is 0.950. The van der Waals surface area contributed by atoms with E-state index in [0.717, 1.165) is 12.8 Å². The summed E-state index contributed by atoms with van der Waals surface area (Å²) in [5.41, 5.74) is -0.385. The molecule has 0 amide bonds. The van der Waals surface area contributed by atoms with Crippen LogP contribution in [0.3, 0.4) is 0 Å². The Morgan fingerprint density at radius 1 is 1.50 bits per heavy atom. The number of rotatable bonds is 4. The molecule has 0 aliphatic rings. The lowest BCUT2D eigenvalue weighted by atomic mass is 10.0. The Morgan fingerprint density at radius 3 is 2.30 bits per heavy atom. The maximum atomic E-state index is 10.9. The summed E-state index contributed by atoms with van der Waals surface area (Å²) in [7, 11) is 1.39. The Morgan fingerprint density at radius 2 is 2.00 bits per heavy atom. The Hall–Kier alpha value is -0.120. The second kappa shape index (κ2) is 3.91. The first kappa shape index (κ1) is 9.88. The molecule has 3 nitrogen and oxygen atoms in total. The Balaban J connectivity index is 3.82. The summed E-state index contributed by atoms with van der Waals surface area (Å²) in [6, 6.07) is 0. The monoisotopic (exact) mass is 146 g/mol. The van der Waals surface area contributed by atoms with Gasteiger partial charge in [-0.3, -0.25) is 5.23 Å². The van der Waals surface area contributed by atoms with Crippen molar-refractivity contribution in [3.05, 3.63) is 5.21 Å². The zero-order valence-electron chi connectivity index (χ0n) is 7.18. The van der Waals surface area contributed by atoms with E-state index in [1.54, 1.807) is 0 Å². The van der Waals surface area contributed by atoms with Gasteiger partial charge < -0.3 is 10.0 Å². The third-order valence-electron chi connectivity index (χ3n) is 1.52. The summed E-state index contributed by atoms with van der Waals surface area (Å²) in [5, 5.41) is 11.6. The normalized spacial score (nSPS) is 12.6. The second-order valence-corrected chi connectivity index (χ2v) is 3.00. The van der Waals surface area contributed by atoms with Crippen LogP contribution in [0.1, 0.15) is 33.6 Å². The molecular formula is C7H16NO2-. The van der Waals surface area contributed by atoms with Crippen molar-refractivity contribution < 1.29 is 4.84 Å². The molecule has 3 heteroatoms. The summed E-state index contributed by atoms with van der Waals surface area (Å²) in [4.78, 5) is 4.55. The van der Waals surface area contributed by atoms with Gasteiger partial charge in [-0.15, -0.1) is 0 Å². The third kappa shape index (κ3) is 2.64. The molecule has 10 heavy (non-hydrogen) atoms. The van der Waals surface area contributed by atoms with Crippen molar-refractivity contribution in [2.75, 3.05) is 7.11 Å². The minimum absolute atomic E-state index is 0.385. The minimum atomic E-state index is -0.385. The van der Waals surface area contributed by atoms with E-state index >= 15 is 0 Å². The maximum absolute atomic E-state index is 10.9. The molecule has 0 aromatic rings. The quantitative estimate of drug-likeness (QED) is 0.568. The number of hydroxylamine groups is 2. The highest BCUT2D eigenvalue weighted by molar-refractivity contribution is 4.75. The Kier molecular flexibility index (Phi) is 3.86. The lowest BCUT2D eigenvalue weighted by Gasteiger charge is -2.41. The predicted molar refractivity (Wildman–Crippen MR) is 41.2 cm³/mol. The number of hydrogen-bond donors (Lipinski definition) is 0. The van der Waals surface area contributed by atoms with E-state index in [-0.39, 0.29) is 5.54 Å². The van der Waals surface area contributed by atoms with Crippen LogP contribution in [0.15, 0.2) is 0 Å². The molecule has 0 heterocycles. The molecule has 0 unspecified atom stereocenters. The van der Waals surface area contributed by atoms with Crippen LogP contribution in [-0.2, 0) is 4.84 Å². The highest BCUT2D eigenvalue weighted by Gasteiger charge is 2.17. The molecule has 0 rings (SSSR count). The minimum Gasteiger partial charge on any atom is -0.762 e. The molecule has 0 aromatic carbocycles. The lowest BCUT2D eigenvalue weighted by molar-refractivity contribution is -0.154. The van der Waals surface area contributed by atoms with Crippen molar-refractivity contribution >= 4 is 0 Å². The average molecular weight is 146 g/mol. The van der Waals surface area contributed by atoms with Crippen LogP contribution in [0.25, 0.3) is 0 Å². The van der Waals surface area contributed by atoms with Crippen LogP contribution < -0.4 is 0 Å². The molecule has 0 radical (unpaired) electrons. The highest BCUT2D eigenvalue weighted by Crippen LogP contribution is 2.18. The molecule has 62 valence electrons. The van der Waals surface area contributed by atoms with Gasteiger partial charge in [0.15, 0.2) is 0 Å². The van der Waals surface area contributed by atoms with Crippen LogP contribution in [0.5, 0.6) is 0 Å². The van der Waals surface area contributed by atoms with Gasteiger partial charge in [0.2, 0.25) is 0 Å². The fourth-order valence-corrected chi connectivity index (χ4v) is 0.950. The van der Waals surface area contributed by atoms with Crippen molar-refractivity contribution in [2.45, 2.75) is 39.2 Å². The van der Waals surface area contributed by atoms with Crippen molar-refractivity contribution in [3.63, 3.8) is 0 Å². The average Bonchev–Trinajstić information content (AvgIpc) is 1.86. The standard InChI is InChI=1S/C7H16NO2/c1-5-6-7(2,3)8(9)10-4/h5-6H2,1-4H3/q-1. The summed E-state index contributed by atoms with van der Waals surface area (Å²) < 4.78 is 0. The zero-order chi connectivity index (χ0) is 8.20. The van der Waals surface area contributed by atoms with Gasteiger partial charge in [0.25, 0.3) is 0 Å². The van der Waals surface area contributed by atoms with E-state index < -0.39 is 0 Å². The predicted octanol–water partition coefficient (Wildman–Crippen LogP) is 1.93. The molecule has 0 N–H and O–H groups in total.